The minimum Gasteiger partial charge on any atom is -0.317 e. The summed E-state index contributed by atoms with van der Waals surface area (Å²) in [5.74, 6) is -2.35. The van der Waals surface area contributed by atoms with Crippen molar-refractivity contribution in [1.29, 1.82) is 0 Å². The van der Waals surface area contributed by atoms with Crippen molar-refractivity contribution in [2.75, 3.05) is 5.32 Å². The fourth-order valence-electron chi connectivity index (χ4n) is 3.19. The van der Waals surface area contributed by atoms with Crippen LogP contribution in [-0.2, 0) is 0 Å². The van der Waals surface area contributed by atoms with Crippen LogP contribution < -0.4 is 5.32 Å². The van der Waals surface area contributed by atoms with Crippen molar-refractivity contribution in [3.05, 3.63) is 66.8 Å². The first-order valence-corrected chi connectivity index (χ1v) is 9.19. The van der Waals surface area contributed by atoms with E-state index in [4.69, 9.17) is 0 Å². The molecule has 0 heterocycles. The SMILES string of the molecule is O=C(Nc1c(F)cc(C2CCCC2)cc1F)c1cc([N+](=O)[O-])ccc1I. The van der Waals surface area contributed by atoms with Gasteiger partial charge in [-0.2, -0.15) is 0 Å². The van der Waals surface area contributed by atoms with Crippen molar-refractivity contribution in [1.82, 2.24) is 0 Å². The Bertz CT molecular complexity index is 860. The van der Waals surface area contributed by atoms with Crippen molar-refractivity contribution in [3.8, 4) is 0 Å². The van der Waals surface area contributed by atoms with Crippen molar-refractivity contribution in [2.45, 2.75) is 31.6 Å². The number of amides is 1. The van der Waals surface area contributed by atoms with Gasteiger partial charge in [0.05, 0.1) is 10.5 Å². The lowest BCUT2D eigenvalue weighted by molar-refractivity contribution is -0.384. The molecular weight excluding hydrogens is 457 g/mol. The Balaban J connectivity index is 1.88. The van der Waals surface area contributed by atoms with Crippen LogP contribution in [-0.4, -0.2) is 10.8 Å². The predicted octanol–water partition coefficient (Wildman–Crippen LogP) is 5.39. The summed E-state index contributed by atoms with van der Waals surface area (Å²) in [5.41, 5.74) is -0.231. The van der Waals surface area contributed by atoms with Crippen molar-refractivity contribution in [2.24, 2.45) is 0 Å². The molecule has 1 aliphatic rings. The zero-order chi connectivity index (χ0) is 18.8. The van der Waals surface area contributed by atoms with Crippen LogP contribution >= 0.6 is 22.6 Å². The third-order valence-electron chi connectivity index (χ3n) is 4.53. The van der Waals surface area contributed by atoms with Gasteiger partial charge in [0.15, 0.2) is 0 Å². The lowest BCUT2D eigenvalue weighted by Gasteiger charge is -2.14. The summed E-state index contributed by atoms with van der Waals surface area (Å²) in [6.45, 7) is 0. The van der Waals surface area contributed by atoms with E-state index in [0.29, 0.717) is 9.13 Å². The molecule has 136 valence electrons. The zero-order valence-electron chi connectivity index (χ0n) is 13.6. The largest absolute Gasteiger partial charge is 0.317 e. The number of carbonyl (C=O) groups is 1. The second kappa shape index (κ2) is 7.65. The highest BCUT2D eigenvalue weighted by Crippen LogP contribution is 2.36. The zero-order valence-corrected chi connectivity index (χ0v) is 15.8. The lowest BCUT2D eigenvalue weighted by atomic mass is 9.97. The average Bonchev–Trinajstić information content (AvgIpc) is 3.12. The Morgan fingerprint density at radius 2 is 1.77 bits per heavy atom. The minimum absolute atomic E-state index is 0.0153. The van der Waals surface area contributed by atoms with E-state index in [1.807, 2.05) is 22.6 Å². The average molecular weight is 472 g/mol. The Morgan fingerprint density at radius 1 is 1.15 bits per heavy atom. The second-order valence-electron chi connectivity index (χ2n) is 6.22. The first-order valence-electron chi connectivity index (χ1n) is 8.11. The lowest BCUT2D eigenvalue weighted by Crippen LogP contribution is -2.16. The Labute approximate surface area is 162 Å². The summed E-state index contributed by atoms with van der Waals surface area (Å²) in [6, 6.07) is 6.26. The third-order valence-corrected chi connectivity index (χ3v) is 5.48. The van der Waals surface area contributed by atoms with Crippen LogP contribution in [0.15, 0.2) is 30.3 Å². The molecule has 0 saturated heterocycles. The normalized spacial score (nSPS) is 14.4. The van der Waals surface area contributed by atoms with Crippen LogP contribution in [0.5, 0.6) is 0 Å². The van der Waals surface area contributed by atoms with Gasteiger partial charge >= 0.3 is 0 Å². The molecule has 8 heteroatoms. The third kappa shape index (κ3) is 3.84. The molecule has 0 atom stereocenters. The van der Waals surface area contributed by atoms with Crippen LogP contribution in [0, 0.1) is 25.3 Å². The molecule has 3 rings (SSSR count). The summed E-state index contributed by atoms with van der Waals surface area (Å²) in [7, 11) is 0. The highest BCUT2D eigenvalue weighted by molar-refractivity contribution is 14.1. The fourth-order valence-corrected chi connectivity index (χ4v) is 3.77. The molecule has 26 heavy (non-hydrogen) atoms. The molecule has 1 saturated carbocycles. The molecule has 5 nitrogen and oxygen atoms in total. The van der Waals surface area contributed by atoms with E-state index < -0.39 is 28.2 Å². The predicted molar refractivity (Wildman–Crippen MR) is 101 cm³/mol. The van der Waals surface area contributed by atoms with Gasteiger partial charge in [0.2, 0.25) is 0 Å². The maximum atomic E-state index is 14.4. The number of nitro groups is 1. The van der Waals surface area contributed by atoms with Crippen molar-refractivity contribution >= 4 is 39.9 Å². The number of carbonyl (C=O) groups excluding carboxylic acids is 1. The number of non-ortho nitro benzene ring substituents is 1. The number of nitro benzene ring substituents is 1. The van der Waals surface area contributed by atoms with Crippen molar-refractivity contribution in [3.63, 3.8) is 0 Å². The number of anilines is 1. The number of nitrogens with zero attached hydrogens (tertiary/aromatic N) is 1. The number of benzene rings is 2. The number of rotatable bonds is 4. The van der Waals surface area contributed by atoms with E-state index in [1.54, 1.807) is 0 Å². The first kappa shape index (κ1) is 18.7. The minimum atomic E-state index is -0.847. The first-order chi connectivity index (χ1) is 12.4. The van der Waals surface area contributed by atoms with Gasteiger partial charge in [0.1, 0.15) is 17.3 Å². The van der Waals surface area contributed by atoms with E-state index in [-0.39, 0.29) is 17.2 Å². The summed E-state index contributed by atoms with van der Waals surface area (Å²) in [5, 5.41) is 13.1. The molecule has 2 aromatic carbocycles. The van der Waals surface area contributed by atoms with Crippen LogP contribution in [0.25, 0.3) is 0 Å². The topological polar surface area (TPSA) is 72.2 Å². The summed E-state index contributed by atoms with van der Waals surface area (Å²) in [4.78, 5) is 22.6. The highest BCUT2D eigenvalue weighted by atomic mass is 127. The van der Waals surface area contributed by atoms with Gasteiger partial charge in [-0.25, -0.2) is 8.78 Å². The molecule has 0 bridgehead atoms. The van der Waals surface area contributed by atoms with Crippen LogP contribution in [0.2, 0.25) is 0 Å². The Morgan fingerprint density at radius 3 is 2.35 bits per heavy atom. The van der Waals surface area contributed by atoms with Gasteiger partial charge in [-0.15, -0.1) is 0 Å². The molecule has 1 amide bonds. The number of nitrogens with one attached hydrogen (secondary N) is 1. The summed E-state index contributed by atoms with van der Waals surface area (Å²) in [6.07, 6.45) is 3.88. The van der Waals surface area contributed by atoms with Gasteiger partial charge in [0, 0.05) is 15.7 Å². The van der Waals surface area contributed by atoms with E-state index in [9.17, 15) is 23.7 Å². The summed E-state index contributed by atoms with van der Waals surface area (Å²) < 4.78 is 29.2. The van der Waals surface area contributed by atoms with Crippen LogP contribution in [0.3, 0.4) is 0 Å². The molecule has 1 aliphatic carbocycles. The number of hydrogen-bond donors (Lipinski definition) is 1. The monoisotopic (exact) mass is 472 g/mol. The number of hydrogen-bond acceptors (Lipinski definition) is 3. The van der Waals surface area contributed by atoms with Gasteiger partial charge in [-0.3, -0.25) is 14.9 Å². The molecule has 1 N–H and O–H groups in total. The molecule has 0 unspecified atom stereocenters. The van der Waals surface area contributed by atoms with Crippen molar-refractivity contribution < 1.29 is 18.5 Å². The van der Waals surface area contributed by atoms with E-state index >= 15 is 0 Å². The van der Waals surface area contributed by atoms with Crippen LogP contribution in [0.1, 0.15) is 47.5 Å². The van der Waals surface area contributed by atoms with Gasteiger partial charge in [-0.05, 0) is 65.1 Å². The number of halogens is 3. The second-order valence-corrected chi connectivity index (χ2v) is 7.38. The maximum Gasteiger partial charge on any atom is 0.270 e. The Kier molecular flexibility index (Phi) is 5.49. The van der Waals surface area contributed by atoms with E-state index in [2.05, 4.69) is 5.32 Å². The standard InChI is InChI=1S/C18H15F2IN2O3/c19-14-7-11(10-3-1-2-4-10)8-15(20)17(14)22-18(24)13-9-12(23(25)26)5-6-16(13)21/h5-10H,1-4H2,(H,22,24). The Hall–Kier alpha value is -2.10. The quantitative estimate of drug-likeness (QED) is 0.369. The fraction of sp³-hybridized carbons (Fsp3) is 0.278. The molecule has 2 aromatic rings. The molecule has 1 fully saturated rings. The molecular formula is C18H15F2IN2O3. The smallest absolute Gasteiger partial charge is 0.270 e. The molecule has 0 spiro atoms. The molecule has 0 radical (unpaired) electrons. The maximum absolute atomic E-state index is 14.4. The molecule has 0 aliphatic heterocycles. The van der Waals surface area contributed by atoms with E-state index in [1.165, 1.54) is 24.3 Å². The molecule has 0 aromatic heterocycles. The van der Waals surface area contributed by atoms with Crippen LogP contribution in [0.4, 0.5) is 20.2 Å². The van der Waals surface area contributed by atoms with Gasteiger partial charge in [-0.1, -0.05) is 12.8 Å². The van der Waals surface area contributed by atoms with Gasteiger partial charge < -0.3 is 5.32 Å². The summed E-state index contributed by atoms with van der Waals surface area (Å²) >= 11 is 1.84. The highest BCUT2D eigenvalue weighted by Gasteiger charge is 2.23. The van der Waals surface area contributed by atoms with Gasteiger partial charge in [0.25, 0.3) is 11.6 Å². The van der Waals surface area contributed by atoms with E-state index in [0.717, 1.165) is 31.7 Å².